The Bertz CT molecular complexity index is 1040. The van der Waals surface area contributed by atoms with Crippen LogP contribution >= 0.6 is 11.3 Å². The predicted molar refractivity (Wildman–Crippen MR) is 104 cm³/mol. The molecule has 7 heteroatoms. The molecule has 0 amide bonds. The highest BCUT2D eigenvalue weighted by molar-refractivity contribution is 7.16. The number of ether oxygens (including phenoxy) is 2. The highest BCUT2D eigenvalue weighted by atomic mass is 32.1. The summed E-state index contributed by atoms with van der Waals surface area (Å²) in [4.78, 5) is 0.878. The summed E-state index contributed by atoms with van der Waals surface area (Å²) in [6, 6.07) is 7.82. The van der Waals surface area contributed by atoms with E-state index in [1.807, 2.05) is 28.8 Å². The van der Waals surface area contributed by atoms with Gasteiger partial charge in [0.05, 0.1) is 0 Å². The summed E-state index contributed by atoms with van der Waals surface area (Å²) in [5, 5.41) is 15.0. The van der Waals surface area contributed by atoms with E-state index in [1.54, 1.807) is 11.3 Å². The van der Waals surface area contributed by atoms with Gasteiger partial charge in [-0.15, -0.1) is 10.2 Å². The van der Waals surface area contributed by atoms with Gasteiger partial charge in [0.15, 0.2) is 28.4 Å². The second-order valence-electron chi connectivity index (χ2n) is 9.22. The summed E-state index contributed by atoms with van der Waals surface area (Å²) >= 11 is 1.58. The molecule has 3 aromatic rings. The molecule has 6 nitrogen and oxygen atoms in total. The van der Waals surface area contributed by atoms with E-state index < -0.39 is 0 Å². The summed E-state index contributed by atoms with van der Waals surface area (Å²) < 4.78 is 14.1. The fraction of sp³-hybridized carbons (Fsp3) is 0.571. The smallest absolute Gasteiger partial charge is 0.234 e. The zero-order valence-corrected chi connectivity index (χ0v) is 16.4. The molecule has 1 aromatic carbocycles. The number of hydrogen-bond donors (Lipinski definition) is 0. The minimum Gasteiger partial charge on any atom is -0.485 e. The van der Waals surface area contributed by atoms with E-state index in [9.17, 15) is 0 Å². The summed E-state index contributed by atoms with van der Waals surface area (Å²) in [6.45, 7) is 0.480. The Morgan fingerprint density at radius 3 is 2.43 bits per heavy atom. The fourth-order valence-corrected chi connectivity index (χ4v) is 7.47. The van der Waals surface area contributed by atoms with Gasteiger partial charge in [-0.2, -0.15) is 9.61 Å². The molecule has 0 N–H and O–H groups in total. The molecule has 2 aromatic heterocycles. The first-order chi connectivity index (χ1) is 13.8. The van der Waals surface area contributed by atoms with E-state index in [2.05, 4.69) is 10.2 Å². The van der Waals surface area contributed by atoms with Gasteiger partial charge in [-0.3, -0.25) is 0 Å². The van der Waals surface area contributed by atoms with E-state index in [4.69, 9.17) is 14.6 Å². The number of fused-ring (bicyclic) bond motifs is 2. The fourth-order valence-electron chi connectivity index (χ4n) is 6.62. The van der Waals surface area contributed by atoms with E-state index in [0.717, 1.165) is 45.0 Å². The third kappa shape index (κ3) is 2.16. The lowest BCUT2D eigenvalue weighted by Gasteiger charge is -2.55. The molecule has 0 spiro atoms. The zero-order chi connectivity index (χ0) is 18.3. The second kappa shape index (κ2) is 5.47. The molecular formula is C21H22N4O2S. The molecule has 4 bridgehead atoms. The highest BCUT2D eigenvalue weighted by Gasteiger charge is 2.54. The molecule has 4 fully saturated rings. The van der Waals surface area contributed by atoms with E-state index >= 15 is 0 Å². The number of para-hydroxylation sites is 2. The van der Waals surface area contributed by atoms with E-state index in [1.165, 1.54) is 38.5 Å². The van der Waals surface area contributed by atoms with Gasteiger partial charge in [0.1, 0.15) is 6.61 Å². The maximum atomic E-state index is 6.17. The van der Waals surface area contributed by atoms with Crippen LogP contribution in [0.25, 0.3) is 4.96 Å². The molecule has 144 valence electrons. The van der Waals surface area contributed by atoms with Crippen molar-refractivity contribution in [2.24, 2.45) is 17.8 Å². The number of nitrogens with zero attached hydrogens (tertiary/aromatic N) is 4. The first kappa shape index (κ1) is 15.7. The van der Waals surface area contributed by atoms with Gasteiger partial charge in [-0.05, 0) is 68.4 Å². The number of benzene rings is 1. The summed E-state index contributed by atoms with van der Waals surface area (Å²) in [5.74, 6) is 5.32. The van der Waals surface area contributed by atoms with Gasteiger partial charge in [-0.25, -0.2) is 0 Å². The molecule has 0 radical (unpaired) electrons. The molecular weight excluding hydrogens is 372 g/mol. The lowest BCUT2D eigenvalue weighted by Crippen LogP contribution is -2.49. The van der Waals surface area contributed by atoms with Crippen molar-refractivity contribution >= 4 is 16.3 Å². The lowest BCUT2D eigenvalue weighted by molar-refractivity contribution is -0.0103. The topological polar surface area (TPSA) is 61.5 Å². The van der Waals surface area contributed by atoms with Gasteiger partial charge in [-0.1, -0.05) is 23.5 Å². The minimum absolute atomic E-state index is 0.189. The Balaban J connectivity index is 1.26. The molecule has 0 saturated heterocycles. The maximum absolute atomic E-state index is 6.17. The molecule has 5 aliphatic rings. The Labute approximate surface area is 166 Å². The van der Waals surface area contributed by atoms with Crippen LogP contribution in [0.1, 0.15) is 55.5 Å². The molecule has 4 aliphatic carbocycles. The van der Waals surface area contributed by atoms with Crippen molar-refractivity contribution < 1.29 is 9.47 Å². The maximum Gasteiger partial charge on any atom is 0.234 e. The number of aromatic nitrogens is 4. The lowest BCUT2D eigenvalue weighted by atomic mass is 9.49. The second-order valence-corrected chi connectivity index (χ2v) is 10.2. The van der Waals surface area contributed by atoms with Gasteiger partial charge < -0.3 is 9.47 Å². The van der Waals surface area contributed by atoms with Crippen LogP contribution in [0.2, 0.25) is 0 Å². The first-order valence-electron chi connectivity index (χ1n) is 10.4. The quantitative estimate of drug-likeness (QED) is 0.653. The van der Waals surface area contributed by atoms with Crippen molar-refractivity contribution in [3.05, 3.63) is 35.1 Å². The standard InChI is InChI=1S/C21H22N4O2S/c1-2-4-16-15(3-1)26-11-17(27-16)18-24-25-19(22-23-20(25)28-18)21-8-12-5-13(9-21)7-14(6-12)10-21/h1-4,12-14,17H,5-11H2/t12?,13?,14?,17-,21?/m1/s1. The zero-order valence-electron chi connectivity index (χ0n) is 15.6. The Hall–Kier alpha value is -2.15. The minimum atomic E-state index is -0.189. The van der Waals surface area contributed by atoms with Crippen molar-refractivity contribution in [3.63, 3.8) is 0 Å². The van der Waals surface area contributed by atoms with Crippen molar-refractivity contribution in [3.8, 4) is 11.5 Å². The van der Waals surface area contributed by atoms with Gasteiger partial charge >= 0.3 is 0 Å². The van der Waals surface area contributed by atoms with Crippen molar-refractivity contribution in [2.45, 2.75) is 50.0 Å². The predicted octanol–water partition coefficient (Wildman–Crippen LogP) is 4.17. The van der Waals surface area contributed by atoms with Crippen LogP contribution < -0.4 is 9.47 Å². The van der Waals surface area contributed by atoms with Crippen molar-refractivity contribution in [2.75, 3.05) is 6.61 Å². The van der Waals surface area contributed by atoms with E-state index in [0.29, 0.717) is 6.61 Å². The molecule has 3 heterocycles. The van der Waals surface area contributed by atoms with Crippen LogP contribution in [0.4, 0.5) is 0 Å². The van der Waals surface area contributed by atoms with Crippen LogP contribution in [0.5, 0.6) is 11.5 Å². The average Bonchev–Trinajstić information content (AvgIpc) is 3.27. The third-order valence-corrected chi connectivity index (χ3v) is 8.29. The molecule has 1 atom stereocenters. The van der Waals surface area contributed by atoms with Gasteiger partial charge in [0, 0.05) is 5.41 Å². The van der Waals surface area contributed by atoms with Crippen LogP contribution in [0.3, 0.4) is 0 Å². The van der Waals surface area contributed by atoms with Crippen LogP contribution in [0.15, 0.2) is 24.3 Å². The summed E-state index contributed by atoms with van der Waals surface area (Å²) in [5.41, 5.74) is 0.191. The molecule has 8 rings (SSSR count). The number of hydrogen-bond acceptors (Lipinski definition) is 6. The largest absolute Gasteiger partial charge is 0.485 e. The Morgan fingerprint density at radius 1 is 0.964 bits per heavy atom. The summed E-state index contributed by atoms with van der Waals surface area (Å²) in [7, 11) is 0. The SMILES string of the molecule is c1ccc2c(c1)OC[C@H](c1nn3c(C45CC6CC(CC(C6)C4)C5)nnc3s1)O2. The molecule has 1 aliphatic heterocycles. The molecule has 28 heavy (non-hydrogen) atoms. The van der Waals surface area contributed by atoms with Crippen molar-refractivity contribution in [1.29, 1.82) is 0 Å². The van der Waals surface area contributed by atoms with E-state index in [-0.39, 0.29) is 11.5 Å². The summed E-state index contributed by atoms with van der Waals surface area (Å²) in [6.07, 6.45) is 7.89. The van der Waals surface area contributed by atoms with Crippen LogP contribution in [-0.4, -0.2) is 26.4 Å². The van der Waals surface area contributed by atoms with Gasteiger partial charge in [0.2, 0.25) is 4.96 Å². The average molecular weight is 395 g/mol. The van der Waals surface area contributed by atoms with Crippen molar-refractivity contribution in [1.82, 2.24) is 19.8 Å². The Kier molecular flexibility index (Phi) is 3.07. The molecule has 4 saturated carbocycles. The molecule has 0 unspecified atom stereocenters. The van der Waals surface area contributed by atoms with Gasteiger partial charge in [0.25, 0.3) is 0 Å². The van der Waals surface area contributed by atoms with Crippen LogP contribution in [0, 0.1) is 17.8 Å². The highest BCUT2D eigenvalue weighted by Crippen LogP contribution is 2.60. The third-order valence-electron chi connectivity index (χ3n) is 7.30. The van der Waals surface area contributed by atoms with Crippen LogP contribution in [-0.2, 0) is 5.41 Å². The first-order valence-corrected chi connectivity index (χ1v) is 11.2. The normalized spacial score (nSPS) is 35.6. The monoisotopic (exact) mass is 394 g/mol. The Morgan fingerprint density at radius 2 is 1.68 bits per heavy atom. The number of rotatable bonds is 2.